The van der Waals surface area contributed by atoms with Gasteiger partial charge < -0.3 is 9.64 Å². The molecule has 1 aliphatic carbocycles. The third-order valence-corrected chi connectivity index (χ3v) is 6.67. The zero-order valence-electron chi connectivity index (χ0n) is 18.8. The molecule has 35 heavy (non-hydrogen) atoms. The summed E-state index contributed by atoms with van der Waals surface area (Å²) in [4.78, 5) is 64.7. The van der Waals surface area contributed by atoms with Crippen molar-refractivity contribution in [3.63, 3.8) is 0 Å². The zero-order chi connectivity index (χ0) is 25.3. The second-order valence-corrected chi connectivity index (χ2v) is 8.81. The lowest BCUT2D eigenvalue weighted by Crippen LogP contribution is -2.50. The van der Waals surface area contributed by atoms with Gasteiger partial charge in [-0.1, -0.05) is 24.4 Å². The van der Waals surface area contributed by atoms with Crippen molar-refractivity contribution in [2.24, 2.45) is 0 Å². The van der Waals surface area contributed by atoms with Gasteiger partial charge in [-0.3, -0.25) is 24.5 Å². The van der Waals surface area contributed by atoms with Crippen molar-refractivity contribution in [1.82, 2.24) is 4.90 Å². The Bertz CT molecular complexity index is 1210. The maximum Gasteiger partial charge on any atom is 0.337 e. The molecule has 1 aliphatic heterocycles. The van der Waals surface area contributed by atoms with Crippen LogP contribution >= 0.6 is 11.6 Å². The van der Waals surface area contributed by atoms with Gasteiger partial charge in [-0.25, -0.2) is 9.69 Å². The molecular formula is C24H22ClN3O7. The number of hydrogen-bond donors (Lipinski definition) is 0. The van der Waals surface area contributed by atoms with Gasteiger partial charge in [0.1, 0.15) is 11.1 Å². The summed E-state index contributed by atoms with van der Waals surface area (Å²) in [7, 11) is 1.25. The number of nitro groups is 1. The van der Waals surface area contributed by atoms with Crippen molar-refractivity contribution in [3.8, 4) is 0 Å². The highest BCUT2D eigenvalue weighted by atomic mass is 35.5. The number of esters is 1. The minimum Gasteiger partial charge on any atom is -0.465 e. The standard InChI is InChI=1S/C24H22ClN3O7/c1-35-24(32)14-6-9-17(10-7-14)27-21(29)13-20(23(27)31)26(16-4-2-3-5-16)22(30)15-8-11-18(25)19(12-15)28(33)34/h6-12,16,20H,2-5,13H2,1H3. The largest absolute Gasteiger partial charge is 0.465 e. The summed E-state index contributed by atoms with van der Waals surface area (Å²) in [6, 6.07) is 8.25. The van der Waals surface area contributed by atoms with Crippen LogP contribution in [0.5, 0.6) is 0 Å². The van der Waals surface area contributed by atoms with E-state index in [1.54, 1.807) is 0 Å². The normalized spacial score (nSPS) is 18.1. The first kappa shape index (κ1) is 24.3. The number of carbonyl (C=O) groups excluding carboxylic acids is 4. The molecule has 0 bridgehead atoms. The highest BCUT2D eigenvalue weighted by molar-refractivity contribution is 6.32. The quantitative estimate of drug-likeness (QED) is 0.256. The van der Waals surface area contributed by atoms with Crippen LogP contribution in [0.25, 0.3) is 0 Å². The van der Waals surface area contributed by atoms with Gasteiger partial charge in [0.25, 0.3) is 17.5 Å². The molecule has 1 saturated carbocycles. The topological polar surface area (TPSA) is 127 Å². The Kier molecular flexibility index (Phi) is 6.83. The Balaban J connectivity index is 1.66. The minimum atomic E-state index is -1.05. The molecule has 0 aromatic heterocycles. The fourth-order valence-electron chi connectivity index (χ4n) is 4.65. The molecule has 1 heterocycles. The number of imide groups is 1. The van der Waals surface area contributed by atoms with Gasteiger partial charge >= 0.3 is 5.97 Å². The second-order valence-electron chi connectivity index (χ2n) is 8.40. The van der Waals surface area contributed by atoms with Gasteiger partial charge in [0.2, 0.25) is 5.91 Å². The van der Waals surface area contributed by atoms with Gasteiger partial charge in [-0.05, 0) is 49.2 Å². The van der Waals surface area contributed by atoms with Crippen LogP contribution < -0.4 is 4.90 Å². The Morgan fingerprint density at radius 3 is 2.31 bits per heavy atom. The molecule has 0 radical (unpaired) electrons. The summed E-state index contributed by atoms with van der Waals surface area (Å²) in [6.07, 6.45) is 2.83. The minimum absolute atomic E-state index is 0.0223. The smallest absolute Gasteiger partial charge is 0.337 e. The second kappa shape index (κ2) is 9.83. The SMILES string of the molecule is COC(=O)c1ccc(N2C(=O)CC(N(C(=O)c3ccc(Cl)c([N+](=O)[O-])c3)C3CCCC3)C2=O)cc1. The van der Waals surface area contributed by atoms with Crippen molar-refractivity contribution >= 4 is 46.7 Å². The number of ether oxygens (including phenoxy) is 1. The summed E-state index contributed by atoms with van der Waals surface area (Å²) in [5, 5.41) is 11.2. The van der Waals surface area contributed by atoms with E-state index in [2.05, 4.69) is 4.74 Å². The van der Waals surface area contributed by atoms with Crippen molar-refractivity contribution < 1.29 is 28.8 Å². The predicted molar refractivity (Wildman–Crippen MR) is 125 cm³/mol. The molecule has 2 fully saturated rings. The van der Waals surface area contributed by atoms with E-state index in [-0.39, 0.29) is 34.3 Å². The maximum atomic E-state index is 13.6. The van der Waals surface area contributed by atoms with Gasteiger partial charge in [0.15, 0.2) is 0 Å². The van der Waals surface area contributed by atoms with Crippen LogP contribution in [0.4, 0.5) is 11.4 Å². The number of rotatable bonds is 6. The molecule has 2 aromatic rings. The molecule has 10 nitrogen and oxygen atoms in total. The van der Waals surface area contributed by atoms with Gasteiger partial charge in [0.05, 0.1) is 29.7 Å². The number of methoxy groups -OCH3 is 1. The number of carbonyl (C=O) groups is 4. The first-order chi connectivity index (χ1) is 16.7. The van der Waals surface area contributed by atoms with E-state index < -0.39 is 40.3 Å². The third kappa shape index (κ3) is 4.61. The van der Waals surface area contributed by atoms with Gasteiger partial charge in [0, 0.05) is 17.7 Å². The van der Waals surface area contributed by atoms with Crippen LogP contribution in [-0.2, 0) is 14.3 Å². The molecule has 2 aromatic carbocycles. The van der Waals surface area contributed by atoms with Crippen LogP contribution in [-0.4, -0.2) is 52.7 Å². The number of anilines is 1. The summed E-state index contributed by atoms with van der Waals surface area (Å²) >= 11 is 5.90. The lowest BCUT2D eigenvalue weighted by molar-refractivity contribution is -0.384. The van der Waals surface area contributed by atoms with Crippen molar-refractivity contribution in [2.45, 2.75) is 44.2 Å². The number of nitrogens with zero attached hydrogens (tertiary/aromatic N) is 3. The van der Waals surface area contributed by atoms with Gasteiger partial charge in [-0.15, -0.1) is 0 Å². The van der Waals surface area contributed by atoms with Crippen LogP contribution in [0.1, 0.15) is 52.8 Å². The summed E-state index contributed by atoms with van der Waals surface area (Å²) in [6.45, 7) is 0. The van der Waals surface area contributed by atoms with E-state index in [9.17, 15) is 29.3 Å². The Hall–Kier alpha value is -3.79. The molecule has 1 unspecified atom stereocenters. The van der Waals surface area contributed by atoms with E-state index in [4.69, 9.17) is 11.6 Å². The predicted octanol–water partition coefficient (Wildman–Crippen LogP) is 3.75. The maximum absolute atomic E-state index is 13.6. The number of nitro benzene ring substituents is 1. The average Bonchev–Trinajstić information content (AvgIpc) is 3.47. The fraction of sp³-hybridized carbons (Fsp3) is 0.333. The van der Waals surface area contributed by atoms with Crippen molar-refractivity contribution in [2.75, 3.05) is 12.0 Å². The number of amides is 3. The summed E-state index contributed by atoms with van der Waals surface area (Å²) < 4.78 is 4.67. The summed E-state index contributed by atoms with van der Waals surface area (Å²) in [5.74, 6) is -2.16. The van der Waals surface area contributed by atoms with Crippen LogP contribution in [0.3, 0.4) is 0 Å². The number of benzene rings is 2. The van der Waals surface area contributed by atoms with E-state index >= 15 is 0 Å². The van der Waals surface area contributed by atoms with E-state index in [1.807, 2.05) is 0 Å². The average molecular weight is 500 g/mol. The first-order valence-electron chi connectivity index (χ1n) is 11.0. The lowest BCUT2D eigenvalue weighted by Gasteiger charge is -2.33. The number of halogens is 1. The monoisotopic (exact) mass is 499 g/mol. The Morgan fingerprint density at radius 2 is 1.71 bits per heavy atom. The fourth-order valence-corrected chi connectivity index (χ4v) is 4.83. The van der Waals surface area contributed by atoms with Crippen LogP contribution in [0, 0.1) is 10.1 Å². The molecule has 11 heteroatoms. The highest BCUT2D eigenvalue weighted by Gasteiger charge is 2.47. The van der Waals surface area contributed by atoms with E-state index in [0.717, 1.165) is 23.8 Å². The van der Waals surface area contributed by atoms with Crippen LogP contribution in [0.15, 0.2) is 42.5 Å². The molecular weight excluding hydrogens is 478 g/mol. The molecule has 182 valence electrons. The Morgan fingerprint density at radius 1 is 1.09 bits per heavy atom. The lowest BCUT2D eigenvalue weighted by atomic mass is 10.1. The van der Waals surface area contributed by atoms with E-state index in [0.29, 0.717) is 12.8 Å². The van der Waals surface area contributed by atoms with Crippen molar-refractivity contribution in [1.29, 1.82) is 0 Å². The number of hydrogen-bond acceptors (Lipinski definition) is 7. The molecule has 2 aliphatic rings. The van der Waals surface area contributed by atoms with Crippen molar-refractivity contribution in [3.05, 3.63) is 68.7 Å². The molecule has 1 atom stereocenters. The molecule has 0 N–H and O–H groups in total. The summed E-state index contributed by atoms with van der Waals surface area (Å²) in [5.41, 5.74) is 0.147. The first-order valence-corrected chi connectivity index (χ1v) is 11.4. The molecule has 1 saturated heterocycles. The van der Waals surface area contributed by atoms with Gasteiger partial charge in [-0.2, -0.15) is 0 Å². The highest BCUT2D eigenvalue weighted by Crippen LogP contribution is 2.34. The molecule has 0 spiro atoms. The third-order valence-electron chi connectivity index (χ3n) is 6.35. The molecule has 3 amide bonds. The zero-order valence-corrected chi connectivity index (χ0v) is 19.6. The van der Waals surface area contributed by atoms with Crippen LogP contribution in [0.2, 0.25) is 5.02 Å². The Labute approximate surface area is 205 Å². The van der Waals surface area contributed by atoms with E-state index in [1.165, 1.54) is 48.4 Å². The molecule has 4 rings (SSSR count).